The Morgan fingerprint density at radius 1 is 1.14 bits per heavy atom. The number of aliphatic hydroxyl groups excluding tert-OH is 1. The Balaban J connectivity index is 2.12. The molecule has 5 nitrogen and oxygen atoms in total. The number of rotatable bonds is 4. The molecule has 2 aromatic carbocycles. The molecule has 0 saturated carbocycles. The van der Waals surface area contributed by atoms with Gasteiger partial charge in [-0.25, -0.2) is 9.37 Å². The molecule has 3 rings (SSSR count). The monoisotopic (exact) mass is 298 g/mol. The van der Waals surface area contributed by atoms with Crippen LogP contribution in [0.25, 0.3) is 22.0 Å². The standard InChI is InChI=1S/C16H15FN4O/c17-13-4-2-1-3-11(13)10-5-6-12-14(9-10)20-16(18)21-15(12)19-7-8-22/h1-6,9,22H,7-8H2,(H3,18,19,20,21). The summed E-state index contributed by atoms with van der Waals surface area (Å²) in [5, 5.41) is 12.7. The average molecular weight is 298 g/mol. The second kappa shape index (κ2) is 5.95. The van der Waals surface area contributed by atoms with Crippen LogP contribution in [0.3, 0.4) is 0 Å². The molecule has 22 heavy (non-hydrogen) atoms. The number of nitrogens with zero attached hydrogens (tertiary/aromatic N) is 2. The Hall–Kier alpha value is -2.73. The van der Waals surface area contributed by atoms with Crippen molar-refractivity contribution in [2.75, 3.05) is 24.2 Å². The lowest BCUT2D eigenvalue weighted by atomic mass is 10.0. The van der Waals surface area contributed by atoms with Gasteiger partial charge in [-0.15, -0.1) is 0 Å². The summed E-state index contributed by atoms with van der Waals surface area (Å²) in [6.45, 7) is 0.347. The number of nitrogen functional groups attached to an aromatic ring is 1. The zero-order chi connectivity index (χ0) is 15.5. The van der Waals surface area contributed by atoms with E-state index in [1.807, 2.05) is 12.1 Å². The van der Waals surface area contributed by atoms with Gasteiger partial charge in [0.2, 0.25) is 5.95 Å². The van der Waals surface area contributed by atoms with Gasteiger partial charge in [-0.2, -0.15) is 4.98 Å². The molecule has 0 spiro atoms. The summed E-state index contributed by atoms with van der Waals surface area (Å²) in [7, 11) is 0. The van der Waals surface area contributed by atoms with Gasteiger partial charge in [-0.1, -0.05) is 24.3 Å². The number of nitrogens with two attached hydrogens (primary N) is 1. The zero-order valence-corrected chi connectivity index (χ0v) is 11.8. The van der Waals surface area contributed by atoms with Gasteiger partial charge in [0.05, 0.1) is 12.1 Å². The number of fused-ring (bicyclic) bond motifs is 1. The summed E-state index contributed by atoms with van der Waals surface area (Å²) < 4.78 is 13.9. The molecule has 4 N–H and O–H groups in total. The molecule has 0 radical (unpaired) electrons. The van der Waals surface area contributed by atoms with Gasteiger partial charge in [0.25, 0.3) is 0 Å². The highest BCUT2D eigenvalue weighted by molar-refractivity contribution is 5.93. The van der Waals surface area contributed by atoms with Gasteiger partial charge in [0, 0.05) is 17.5 Å². The van der Waals surface area contributed by atoms with Crippen LogP contribution in [0.2, 0.25) is 0 Å². The zero-order valence-electron chi connectivity index (χ0n) is 11.8. The van der Waals surface area contributed by atoms with E-state index in [1.165, 1.54) is 6.07 Å². The van der Waals surface area contributed by atoms with E-state index in [-0.39, 0.29) is 18.4 Å². The van der Waals surface area contributed by atoms with Crippen LogP contribution in [0.1, 0.15) is 0 Å². The van der Waals surface area contributed by atoms with Gasteiger partial charge in [-0.3, -0.25) is 0 Å². The minimum Gasteiger partial charge on any atom is -0.395 e. The van der Waals surface area contributed by atoms with Gasteiger partial charge in [-0.05, 0) is 23.8 Å². The van der Waals surface area contributed by atoms with Gasteiger partial charge in [0.15, 0.2) is 0 Å². The predicted molar refractivity (Wildman–Crippen MR) is 84.9 cm³/mol. The Bertz CT molecular complexity index is 822. The Morgan fingerprint density at radius 3 is 2.73 bits per heavy atom. The molecule has 112 valence electrons. The average Bonchev–Trinajstić information content (AvgIpc) is 2.52. The lowest BCUT2D eigenvalue weighted by Gasteiger charge is -2.10. The SMILES string of the molecule is Nc1nc(NCCO)c2ccc(-c3ccccc3F)cc2n1. The molecule has 0 amide bonds. The van der Waals surface area contributed by atoms with Crippen LogP contribution in [0.5, 0.6) is 0 Å². The molecular formula is C16H15FN4O. The second-order valence-corrected chi connectivity index (χ2v) is 4.79. The summed E-state index contributed by atoms with van der Waals surface area (Å²) >= 11 is 0. The number of benzene rings is 2. The topological polar surface area (TPSA) is 84.1 Å². The fourth-order valence-corrected chi connectivity index (χ4v) is 2.32. The summed E-state index contributed by atoms with van der Waals surface area (Å²) in [5.74, 6) is 0.387. The van der Waals surface area contributed by atoms with E-state index in [0.29, 0.717) is 23.4 Å². The molecule has 1 heterocycles. The summed E-state index contributed by atoms with van der Waals surface area (Å²) in [6.07, 6.45) is 0. The van der Waals surface area contributed by atoms with E-state index < -0.39 is 0 Å². The molecule has 0 aliphatic heterocycles. The molecular weight excluding hydrogens is 283 g/mol. The number of hydrogen-bond acceptors (Lipinski definition) is 5. The van der Waals surface area contributed by atoms with E-state index in [4.69, 9.17) is 10.8 Å². The molecule has 6 heteroatoms. The predicted octanol–water partition coefficient (Wildman–Crippen LogP) is 2.42. The van der Waals surface area contributed by atoms with Crippen molar-refractivity contribution in [2.24, 2.45) is 0 Å². The number of anilines is 2. The first-order valence-electron chi connectivity index (χ1n) is 6.86. The fourth-order valence-electron chi connectivity index (χ4n) is 2.32. The quantitative estimate of drug-likeness (QED) is 0.689. The largest absolute Gasteiger partial charge is 0.395 e. The normalized spacial score (nSPS) is 10.8. The molecule has 0 unspecified atom stereocenters. The van der Waals surface area contributed by atoms with E-state index in [0.717, 1.165) is 10.9 Å². The highest BCUT2D eigenvalue weighted by Gasteiger charge is 2.09. The summed E-state index contributed by atoms with van der Waals surface area (Å²) in [6, 6.07) is 12.0. The van der Waals surface area contributed by atoms with E-state index >= 15 is 0 Å². The number of nitrogens with one attached hydrogen (secondary N) is 1. The molecule has 0 saturated heterocycles. The lowest BCUT2D eigenvalue weighted by Crippen LogP contribution is -2.09. The third-order valence-electron chi connectivity index (χ3n) is 3.30. The van der Waals surface area contributed by atoms with Gasteiger partial charge >= 0.3 is 0 Å². The molecule has 0 fully saturated rings. The number of halogens is 1. The van der Waals surface area contributed by atoms with Crippen molar-refractivity contribution in [3.63, 3.8) is 0 Å². The van der Waals surface area contributed by atoms with Crippen LogP contribution < -0.4 is 11.1 Å². The van der Waals surface area contributed by atoms with Crippen molar-refractivity contribution in [1.82, 2.24) is 9.97 Å². The van der Waals surface area contributed by atoms with Crippen molar-refractivity contribution in [3.8, 4) is 11.1 Å². The minimum atomic E-state index is -0.289. The second-order valence-electron chi connectivity index (χ2n) is 4.79. The van der Waals surface area contributed by atoms with Crippen LogP contribution >= 0.6 is 0 Å². The molecule has 0 aliphatic rings. The fraction of sp³-hybridized carbons (Fsp3) is 0.125. The van der Waals surface area contributed by atoms with E-state index in [2.05, 4.69) is 15.3 Å². The highest BCUT2D eigenvalue weighted by Crippen LogP contribution is 2.28. The Morgan fingerprint density at radius 2 is 1.95 bits per heavy atom. The molecule has 0 bridgehead atoms. The number of aliphatic hydroxyl groups is 1. The maximum atomic E-state index is 13.9. The van der Waals surface area contributed by atoms with Crippen molar-refractivity contribution in [3.05, 3.63) is 48.3 Å². The first kappa shape index (κ1) is 14.2. The van der Waals surface area contributed by atoms with E-state index in [9.17, 15) is 4.39 Å². The third-order valence-corrected chi connectivity index (χ3v) is 3.30. The maximum Gasteiger partial charge on any atom is 0.222 e. The van der Waals surface area contributed by atoms with Crippen molar-refractivity contribution < 1.29 is 9.50 Å². The Labute approximate surface area is 126 Å². The number of hydrogen-bond donors (Lipinski definition) is 3. The van der Waals surface area contributed by atoms with Gasteiger partial charge in [0.1, 0.15) is 11.6 Å². The Kier molecular flexibility index (Phi) is 3.84. The van der Waals surface area contributed by atoms with E-state index in [1.54, 1.807) is 24.3 Å². The first-order valence-corrected chi connectivity index (χ1v) is 6.86. The third kappa shape index (κ3) is 2.68. The number of aromatic nitrogens is 2. The maximum absolute atomic E-state index is 13.9. The van der Waals surface area contributed by atoms with Crippen molar-refractivity contribution >= 4 is 22.7 Å². The highest BCUT2D eigenvalue weighted by atomic mass is 19.1. The van der Waals surface area contributed by atoms with Crippen LogP contribution in [0.4, 0.5) is 16.2 Å². The molecule has 0 atom stereocenters. The van der Waals surface area contributed by atoms with Crippen molar-refractivity contribution in [1.29, 1.82) is 0 Å². The van der Waals surface area contributed by atoms with Crippen LogP contribution in [-0.4, -0.2) is 28.2 Å². The molecule has 0 aliphatic carbocycles. The summed E-state index contributed by atoms with van der Waals surface area (Å²) in [4.78, 5) is 8.33. The lowest BCUT2D eigenvalue weighted by molar-refractivity contribution is 0.311. The molecule has 3 aromatic rings. The summed E-state index contributed by atoms with van der Waals surface area (Å²) in [5.41, 5.74) is 7.56. The molecule has 1 aromatic heterocycles. The van der Waals surface area contributed by atoms with Crippen LogP contribution in [0.15, 0.2) is 42.5 Å². The smallest absolute Gasteiger partial charge is 0.222 e. The first-order chi connectivity index (χ1) is 10.7. The van der Waals surface area contributed by atoms with Gasteiger partial charge < -0.3 is 16.2 Å². The minimum absolute atomic E-state index is 0.0152. The van der Waals surface area contributed by atoms with Crippen LogP contribution in [-0.2, 0) is 0 Å². The van der Waals surface area contributed by atoms with Crippen molar-refractivity contribution in [2.45, 2.75) is 0 Å². The van der Waals surface area contributed by atoms with Crippen LogP contribution in [0, 0.1) is 5.82 Å².